The number of nitrogens with zero attached hydrogens (tertiary/aromatic N) is 6. The molecule has 3 N–H and O–H groups in total. The van der Waals surface area contributed by atoms with Crippen LogP contribution in [0.5, 0.6) is 0 Å². The molecule has 0 unspecified atom stereocenters. The second-order valence-electron chi connectivity index (χ2n) is 10.2. The number of amides is 1. The van der Waals surface area contributed by atoms with Gasteiger partial charge in [-0.05, 0) is 44.0 Å². The van der Waals surface area contributed by atoms with E-state index in [4.69, 9.17) is 22.3 Å². The monoisotopic (exact) mass is 560 g/mol. The molecular formula is C29H33ClN8O2. The van der Waals surface area contributed by atoms with E-state index < -0.39 is 5.56 Å². The van der Waals surface area contributed by atoms with E-state index in [-0.39, 0.29) is 17.5 Å². The first kappa shape index (κ1) is 27.3. The summed E-state index contributed by atoms with van der Waals surface area (Å²) in [5.41, 5.74) is 9.83. The third-order valence-corrected chi connectivity index (χ3v) is 7.75. The second kappa shape index (κ2) is 11.1. The van der Waals surface area contributed by atoms with Crippen LogP contribution in [0.4, 0.5) is 17.3 Å². The normalized spacial score (nSPS) is 13.9. The maximum atomic E-state index is 13.3. The van der Waals surface area contributed by atoms with Crippen molar-refractivity contribution in [3.8, 4) is 16.9 Å². The van der Waals surface area contributed by atoms with Crippen molar-refractivity contribution < 1.29 is 4.79 Å². The van der Waals surface area contributed by atoms with E-state index in [0.717, 1.165) is 16.9 Å². The number of aromatic nitrogens is 4. The van der Waals surface area contributed by atoms with Gasteiger partial charge in [0.2, 0.25) is 0 Å². The summed E-state index contributed by atoms with van der Waals surface area (Å²) in [5, 5.41) is 3.50. The SMILES string of the molecule is Cc1c(C(=O)NC2CCN(c3nc(-c4cccc(N(C)C)c4)cnc3N)CC2)c(=O)n(-c2ccccc2Cl)n1C. The van der Waals surface area contributed by atoms with Gasteiger partial charge in [0, 0.05) is 51.5 Å². The Morgan fingerprint density at radius 1 is 1.12 bits per heavy atom. The van der Waals surface area contributed by atoms with Crippen LogP contribution in [-0.4, -0.2) is 58.5 Å². The molecule has 1 aliphatic heterocycles. The van der Waals surface area contributed by atoms with Crippen molar-refractivity contribution in [1.29, 1.82) is 0 Å². The number of carbonyl (C=O) groups excluding carboxylic acids is 1. The lowest BCUT2D eigenvalue weighted by atomic mass is 10.0. The predicted molar refractivity (Wildman–Crippen MR) is 160 cm³/mol. The molecule has 0 atom stereocenters. The zero-order chi connectivity index (χ0) is 28.6. The number of anilines is 3. The fraction of sp³-hybridized carbons (Fsp3) is 0.310. The average Bonchev–Trinajstić information content (AvgIpc) is 3.17. The standard InChI is InChI=1S/C29H33ClN8O2/c1-18-25(29(40)38(36(18)4)24-11-6-5-10-22(24)30)28(39)33-20-12-14-37(15-13-20)27-26(31)32-17-23(34-27)19-8-7-9-21(16-19)35(2)3/h5-11,16-17,20H,12-15H2,1-4H3,(H2,31,32)(H,33,39). The number of piperidine rings is 1. The fourth-order valence-electron chi connectivity index (χ4n) is 5.06. The maximum absolute atomic E-state index is 13.3. The summed E-state index contributed by atoms with van der Waals surface area (Å²) in [7, 11) is 5.73. The summed E-state index contributed by atoms with van der Waals surface area (Å²) < 4.78 is 3.08. The molecule has 2 aromatic heterocycles. The molecule has 1 aliphatic rings. The molecule has 5 rings (SSSR count). The smallest absolute Gasteiger partial charge is 0.284 e. The molecule has 1 saturated heterocycles. The van der Waals surface area contributed by atoms with Crippen LogP contribution in [0, 0.1) is 6.92 Å². The molecule has 0 radical (unpaired) electrons. The molecule has 11 heteroatoms. The lowest BCUT2D eigenvalue weighted by molar-refractivity contribution is 0.0929. The summed E-state index contributed by atoms with van der Waals surface area (Å²) in [6.45, 7) is 3.04. The Labute approximate surface area is 238 Å². The number of hydrogen-bond acceptors (Lipinski definition) is 7. The fourth-order valence-corrected chi connectivity index (χ4v) is 5.28. The Kier molecular flexibility index (Phi) is 7.53. The number of carbonyl (C=O) groups is 1. The van der Waals surface area contributed by atoms with E-state index in [1.807, 2.05) is 37.2 Å². The Bertz CT molecular complexity index is 1620. The molecule has 1 fully saturated rings. The molecule has 0 bridgehead atoms. The third kappa shape index (κ3) is 5.14. The highest BCUT2D eigenvalue weighted by atomic mass is 35.5. The quantitative estimate of drug-likeness (QED) is 0.370. The van der Waals surface area contributed by atoms with Crippen molar-refractivity contribution in [3.63, 3.8) is 0 Å². The van der Waals surface area contributed by atoms with Gasteiger partial charge in [-0.25, -0.2) is 14.6 Å². The third-order valence-electron chi connectivity index (χ3n) is 7.43. The molecule has 0 aliphatic carbocycles. The Morgan fingerprint density at radius 2 is 1.85 bits per heavy atom. The molecule has 40 heavy (non-hydrogen) atoms. The topological polar surface area (TPSA) is 114 Å². The van der Waals surface area contributed by atoms with Crippen molar-refractivity contribution in [2.45, 2.75) is 25.8 Å². The minimum Gasteiger partial charge on any atom is -0.381 e. The minimum absolute atomic E-state index is 0.0920. The second-order valence-corrected chi connectivity index (χ2v) is 10.6. The van der Waals surface area contributed by atoms with Crippen molar-refractivity contribution in [2.24, 2.45) is 7.05 Å². The first-order valence-corrected chi connectivity index (χ1v) is 13.5. The van der Waals surface area contributed by atoms with Crippen LogP contribution in [0.2, 0.25) is 5.02 Å². The zero-order valence-corrected chi connectivity index (χ0v) is 23.8. The highest BCUT2D eigenvalue weighted by Gasteiger charge is 2.28. The Balaban J connectivity index is 1.30. The highest BCUT2D eigenvalue weighted by molar-refractivity contribution is 6.32. The van der Waals surface area contributed by atoms with Crippen LogP contribution in [0.15, 0.2) is 59.5 Å². The number of nitrogen functional groups attached to an aromatic ring is 1. The van der Waals surface area contributed by atoms with Crippen LogP contribution in [0.25, 0.3) is 16.9 Å². The Morgan fingerprint density at radius 3 is 2.55 bits per heavy atom. The van der Waals surface area contributed by atoms with Gasteiger partial charge in [0.15, 0.2) is 11.6 Å². The van der Waals surface area contributed by atoms with Gasteiger partial charge < -0.3 is 20.9 Å². The van der Waals surface area contributed by atoms with Crippen molar-refractivity contribution in [2.75, 3.05) is 42.7 Å². The summed E-state index contributed by atoms with van der Waals surface area (Å²) >= 11 is 6.34. The van der Waals surface area contributed by atoms with Gasteiger partial charge in [-0.15, -0.1) is 0 Å². The van der Waals surface area contributed by atoms with Crippen LogP contribution in [-0.2, 0) is 7.05 Å². The van der Waals surface area contributed by atoms with Gasteiger partial charge in [0.05, 0.1) is 28.3 Å². The predicted octanol–water partition coefficient (Wildman–Crippen LogP) is 3.64. The molecule has 0 spiro atoms. The molecule has 1 amide bonds. The van der Waals surface area contributed by atoms with E-state index in [1.54, 1.807) is 49.1 Å². The maximum Gasteiger partial charge on any atom is 0.284 e. The molecule has 208 valence electrons. The van der Waals surface area contributed by atoms with E-state index in [0.29, 0.717) is 54.0 Å². The molecule has 3 heterocycles. The number of nitrogens with two attached hydrogens (primary N) is 1. The van der Waals surface area contributed by atoms with Crippen molar-refractivity contribution >= 4 is 34.8 Å². The van der Waals surface area contributed by atoms with Gasteiger partial charge in [-0.2, -0.15) is 0 Å². The summed E-state index contributed by atoms with van der Waals surface area (Å²) in [4.78, 5) is 40.0. The lowest BCUT2D eigenvalue weighted by Crippen LogP contribution is -2.46. The summed E-state index contributed by atoms with van der Waals surface area (Å²) in [5.74, 6) is 0.624. The van der Waals surface area contributed by atoms with Gasteiger partial charge in [0.1, 0.15) is 5.56 Å². The van der Waals surface area contributed by atoms with Crippen LogP contribution >= 0.6 is 11.6 Å². The number of nitrogens with one attached hydrogen (secondary N) is 1. The van der Waals surface area contributed by atoms with Crippen LogP contribution < -0.4 is 26.4 Å². The van der Waals surface area contributed by atoms with E-state index in [1.165, 1.54) is 4.68 Å². The first-order valence-electron chi connectivity index (χ1n) is 13.1. The lowest BCUT2D eigenvalue weighted by Gasteiger charge is -2.33. The first-order chi connectivity index (χ1) is 19.2. The highest BCUT2D eigenvalue weighted by Crippen LogP contribution is 2.28. The Hall–Kier alpha value is -4.31. The largest absolute Gasteiger partial charge is 0.381 e. The number of para-hydroxylation sites is 1. The molecule has 10 nitrogen and oxygen atoms in total. The van der Waals surface area contributed by atoms with E-state index >= 15 is 0 Å². The number of rotatable bonds is 6. The van der Waals surface area contributed by atoms with Crippen molar-refractivity contribution in [3.05, 3.63) is 81.4 Å². The molecule has 0 saturated carbocycles. The number of hydrogen-bond donors (Lipinski definition) is 2. The molecule has 4 aromatic rings. The summed E-state index contributed by atoms with van der Waals surface area (Å²) in [6.07, 6.45) is 3.05. The number of benzene rings is 2. The minimum atomic E-state index is -0.402. The van der Waals surface area contributed by atoms with Gasteiger partial charge in [0.25, 0.3) is 11.5 Å². The van der Waals surface area contributed by atoms with Gasteiger partial charge in [-0.3, -0.25) is 14.3 Å². The van der Waals surface area contributed by atoms with Crippen LogP contribution in [0.1, 0.15) is 28.9 Å². The van der Waals surface area contributed by atoms with Crippen molar-refractivity contribution in [1.82, 2.24) is 24.6 Å². The molecular weight excluding hydrogens is 528 g/mol. The van der Waals surface area contributed by atoms with E-state index in [2.05, 4.69) is 21.3 Å². The van der Waals surface area contributed by atoms with Gasteiger partial charge in [-0.1, -0.05) is 35.9 Å². The number of halogens is 1. The van der Waals surface area contributed by atoms with Crippen LogP contribution in [0.3, 0.4) is 0 Å². The van der Waals surface area contributed by atoms with Gasteiger partial charge >= 0.3 is 0 Å². The average molecular weight is 561 g/mol. The summed E-state index contributed by atoms with van der Waals surface area (Å²) in [6, 6.07) is 15.1. The van der Waals surface area contributed by atoms with E-state index in [9.17, 15) is 9.59 Å². The zero-order valence-electron chi connectivity index (χ0n) is 23.1. The molecule has 2 aromatic carbocycles.